The molecule has 2 nitrogen and oxygen atoms in total. The highest BCUT2D eigenvalue weighted by molar-refractivity contribution is 6.12. The molecule has 0 heterocycles. The van der Waals surface area contributed by atoms with Crippen LogP contribution in [-0.4, -0.2) is 31.3 Å². The summed E-state index contributed by atoms with van der Waals surface area (Å²) in [4.78, 5) is 0. The number of rotatable bonds is 2. The molecule has 0 spiro atoms. The van der Waals surface area contributed by atoms with Crippen LogP contribution in [0.2, 0.25) is 5.82 Å². The smallest absolute Gasteiger partial charge is 0.0704 e. The molecular weight excluding hydrogens is 139 g/mol. The maximum absolute atomic E-state index is 8.96. The lowest BCUT2D eigenvalue weighted by molar-refractivity contribution is 0.154. The molecule has 0 aliphatic heterocycles. The molecule has 3 heteroatoms. The van der Waals surface area contributed by atoms with Crippen LogP contribution in [0.3, 0.4) is 0 Å². The zero-order chi connectivity index (χ0) is 8.43. The van der Waals surface area contributed by atoms with Crippen LogP contribution in [0.15, 0.2) is 0 Å². The predicted octanol–water partition coefficient (Wildman–Crippen LogP) is 0.200. The van der Waals surface area contributed by atoms with Gasteiger partial charge in [0.1, 0.15) is 0 Å². The summed E-state index contributed by atoms with van der Waals surface area (Å²) < 4.78 is 0. The molecule has 2 radical (unpaired) electrons. The third kappa shape index (κ3) is 1.59. The summed E-state index contributed by atoms with van der Waals surface area (Å²) in [7, 11) is 5.77. The second kappa shape index (κ2) is 3.59. The van der Waals surface area contributed by atoms with Crippen molar-refractivity contribution in [3.63, 3.8) is 0 Å². The van der Waals surface area contributed by atoms with Gasteiger partial charge in [0.25, 0.3) is 0 Å². The van der Waals surface area contributed by atoms with E-state index in [-0.39, 0.29) is 24.9 Å². The minimum Gasteiger partial charge on any atom is -0.396 e. The summed E-state index contributed by atoms with van der Waals surface area (Å²) in [6, 6.07) is 0. The van der Waals surface area contributed by atoms with Gasteiger partial charge in [0.05, 0.1) is 7.85 Å². The maximum atomic E-state index is 8.96. The lowest BCUT2D eigenvalue weighted by Crippen LogP contribution is -2.18. The van der Waals surface area contributed by atoms with Crippen LogP contribution in [0.1, 0.15) is 13.3 Å². The van der Waals surface area contributed by atoms with Gasteiger partial charge in [0, 0.05) is 13.2 Å². The molecule has 0 aromatic carbocycles. The van der Waals surface area contributed by atoms with Gasteiger partial charge in [-0.3, -0.25) is 0 Å². The Morgan fingerprint density at radius 1 is 1.36 bits per heavy atom. The molecule has 4 atom stereocenters. The highest BCUT2D eigenvalue weighted by Gasteiger charge is 2.36. The Balaban J connectivity index is 2.55. The second-order valence-corrected chi connectivity index (χ2v) is 3.55. The van der Waals surface area contributed by atoms with Gasteiger partial charge in [-0.15, -0.1) is 0 Å². The first-order chi connectivity index (χ1) is 5.20. The molecule has 0 saturated heterocycles. The summed E-state index contributed by atoms with van der Waals surface area (Å²) in [6.07, 6.45) is 0.850. The first-order valence-corrected chi connectivity index (χ1v) is 4.18. The lowest BCUT2D eigenvalue weighted by atomic mass is 9.77. The Morgan fingerprint density at radius 2 is 2.00 bits per heavy atom. The standard InChI is InChI=1S/C8H15BO2/c1-5-6(3-10)2-8(9)7(5)4-11/h5-8,10-11H,2-4H2,1H3/t5?,6-,7?,8-/m1/s1. The molecule has 0 aromatic heterocycles. The Labute approximate surface area is 69.0 Å². The molecule has 2 unspecified atom stereocenters. The average molecular weight is 154 g/mol. The molecule has 2 N–H and O–H groups in total. The summed E-state index contributed by atoms with van der Waals surface area (Å²) in [6.45, 7) is 2.40. The zero-order valence-electron chi connectivity index (χ0n) is 6.90. The largest absolute Gasteiger partial charge is 0.396 e. The minimum absolute atomic E-state index is 0.0761. The van der Waals surface area contributed by atoms with Gasteiger partial charge in [-0.05, 0) is 17.8 Å². The second-order valence-electron chi connectivity index (χ2n) is 3.55. The van der Waals surface area contributed by atoms with E-state index in [4.69, 9.17) is 18.1 Å². The van der Waals surface area contributed by atoms with Gasteiger partial charge >= 0.3 is 0 Å². The molecule has 1 rings (SSSR count). The van der Waals surface area contributed by atoms with E-state index < -0.39 is 0 Å². The van der Waals surface area contributed by atoms with Crippen LogP contribution in [0.4, 0.5) is 0 Å². The van der Waals surface area contributed by atoms with Gasteiger partial charge in [0.15, 0.2) is 0 Å². The van der Waals surface area contributed by atoms with E-state index >= 15 is 0 Å². The van der Waals surface area contributed by atoms with Crippen LogP contribution in [0, 0.1) is 17.8 Å². The summed E-state index contributed by atoms with van der Waals surface area (Å²) in [5.74, 6) is 0.918. The molecule has 1 aliphatic carbocycles. The number of aliphatic hydroxyl groups excluding tert-OH is 2. The third-order valence-electron chi connectivity index (χ3n) is 2.99. The van der Waals surface area contributed by atoms with E-state index in [2.05, 4.69) is 6.92 Å². The number of hydrogen-bond acceptors (Lipinski definition) is 2. The summed E-state index contributed by atoms with van der Waals surface area (Å²) in [5, 5.41) is 17.9. The molecule has 1 saturated carbocycles. The zero-order valence-corrected chi connectivity index (χ0v) is 6.90. The molecule has 0 aromatic rings. The third-order valence-corrected chi connectivity index (χ3v) is 2.99. The van der Waals surface area contributed by atoms with Gasteiger partial charge in [-0.25, -0.2) is 0 Å². The van der Waals surface area contributed by atoms with Crippen LogP contribution >= 0.6 is 0 Å². The molecule has 62 valence electrons. The minimum atomic E-state index is 0.0761. The molecular formula is C8H15BO2. The van der Waals surface area contributed by atoms with Crippen molar-refractivity contribution in [3.05, 3.63) is 0 Å². The van der Waals surface area contributed by atoms with Gasteiger partial charge in [-0.2, -0.15) is 0 Å². The fraction of sp³-hybridized carbons (Fsp3) is 1.00. The SMILES string of the molecule is [B][C@@H]1C[C@H](CO)C(C)C1CO. The Morgan fingerprint density at radius 3 is 2.27 bits per heavy atom. The van der Waals surface area contributed by atoms with E-state index in [1.54, 1.807) is 0 Å². The van der Waals surface area contributed by atoms with Gasteiger partial charge < -0.3 is 10.2 Å². The summed E-state index contributed by atoms with van der Waals surface area (Å²) in [5.41, 5.74) is 0. The van der Waals surface area contributed by atoms with Crippen molar-refractivity contribution in [2.75, 3.05) is 13.2 Å². The molecule has 0 bridgehead atoms. The topological polar surface area (TPSA) is 40.5 Å². The Bertz CT molecular complexity index is 129. The average Bonchev–Trinajstić information content (AvgIpc) is 2.26. The van der Waals surface area contributed by atoms with Gasteiger partial charge in [0.2, 0.25) is 0 Å². The first kappa shape index (κ1) is 9.08. The Kier molecular flexibility index (Phi) is 2.96. The van der Waals surface area contributed by atoms with Crippen LogP contribution in [0.25, 0.3) is 0 Å². The fourth-order valence-corrected chi connectivity index (χ4v) is 2.02. The molecule has 1 aliphatic rings. The number of aliphatic hydroxyl groups is 2. The summed E-state index contributed by atoms with van der Waals surface area (Å²) >= 11 is 0. The van der Waals surface area contributed by atoms with Crippen molar-refractivity contribution in [2.45, 2.75) is 19.2 Å². The fourth-order valence-electron chi connectivity index (χ4n) is 2.02. The monoisotopic (exact) mass is 154 g/mol. The van der Waals surface area contributed by atoms with E-state index in [1.165, 1.54) is 0 Å². The highest BCUT2D eigenvalue weighted by Crippen LogP contribution is 2.42. The molecule has 0 amide bonds. The van der Waals surface area contributed by atoms with E-state index in [0.29, 0.717) is 11.8 Å². The van der Waals surface area contributed by atoms with E-state index in [1.807, 2.05) is 0 Å². The predicted molar refractivity (Wildman–Crippen MR) is 44.4 cm³/mol. The lowest BCUT2D eigenvalue weighted by Gasteiger charge is -2.18. The highest BCUT2D eigenvalue weighted by atomic mass is 16.3. The van der Waals surface area contributed by atoms with E-state index in [9.17, 15) is 0 Å². The van der Waals surface area contributed by atoms with Crippen LogP contribution in [0.5, 0.6) is 0 Å². The van der Waals surface area contributed by atoms with Crippen molar-refractivity contribution in [1.82, 2.24) is 0 Å². The van der Waals surface area contributed by atoms with E-state index in [0.717, 1.165) is 6.42 Å². The number of hydrogen-bond donors (Lipinski definition) is 2. The Hall–Kier alpha value is -0.0151. The molecule has 1 fully saturated rings. The van der Waals surface area contributed by atoms with Crippen molar-refractivity contribution in [1.29, 1.82) is 0 Å². The molecule has 11 heavy (non-hydrogen) atoms. The van der Waals surface area contributed by atoms with Gasteiger partial charge in [-0.1, -0.05) is 19.2 Å². The first-order valence-electron chi connectivity index (χ1n) is 4.18. The van der Waals surface area contributed by atoms with Crippen molar-refractivity contribution in [2.24, 2.45) is 17.8 Å². The van der Waals surface area contributed by atoms with Crippen LogP contribution < -0.4 is 0 Å². The maximum Gasteiger partial charge on any atom is 0.0704 e. The quantitative estimate of drug-likeness (QED) is 0.557. The van der Waals surface area contributed by atoms with Crippen LogP contribution in [-0.2, 0) is 0 Å². The van der Waals surface area contributed by atoms with Crippen molar-refractivity contribution >= 4 is 7.85 Å². The normalized spacial score (nSPS) is 44.6. The van der Waals surface area contributed by atoms with Crippen molar-refractivity contribution < 1.29 is 10.2 Å². The van der Waals surface area contributed by atoms with Crippen molar-refractivity contribution in [3.8, 4) is 0 Å².